The first kappa shape index (κ1) is 27.3. The predicted molar refractivity (Wildman–Crippen MR) is 142 cm³/mol. The van der Waals surface area contributed by atoms with Crippen molar-refractivity contribution < 1.29 is 19.1 Å². The van der Waals surface area contributed by atoms with Gasteiger partial charge in [0.25, 0.3) is 0 Å². The zero-order chi connectivity index (χ0) is 25.9. The molecule has 4 aliphatic rings. The van der Waals surface area contributed by atoms with Crippen LogP contribution in [0.2, 0.25) is 0 Å². The molecule has 0 saturated heterocycles. The van der Waals surface area contributed by atoms with Crippen molar-refractivity contribution in [2.75, 3.05) is 0 Å². The van der Waals surface area contributed by atoms with Crippen LogP contribution in [0.25, 0.3) is 0 Å². The molecule has 4 aliphatic carbocycles. The van der Waals surface area contributed by atoms with Gasteiger partial charge in [-0.2, -0.15) is 0 Å². The molecule has 0 unspecified atom stereocenters. The van der Waals surface area contributed by atoms with Crippen molar-refractivity contribution in [3.63, 3.8) is 0 Å². The van der Waals surface area contributed by atoms with E-state index >= 15 is 0 Å². The third kappa shape index (κ3) is 4.59. The smallest absolute Gasteiger partial charge is 0.302 e. The van der Waals surface area contributed by atoms with E-state index in [4.69, 9.17) is 4.74 Å². The number of Topliss-reactive ketones (excluding diaryl/α,β-unsaturated/α-hetero) is 2. The number of ether oxygens (including phenoxy) is 1. The number of halogens is 1. The minimum Gasteiger partial charge on any atom is -0.463 e. The summed E-state index contributed by atoms with van der Waals surface area (Å²) in [5, 5.41) is 0. The Balaban J connectivity index is 1.52. The summed E-state index contributed by atoms with van der Waals surface area (Å²) < 4.78 is 5.55. The van der Waals surface area contributed by atoms with Gasteiger partial charge in [-0.05, 0) is 91.3 Å². The van der Waals surface area contributed by atoms with E-state index < -0.39 is 0 Å². The molecule has 0 aliphatic heterocycles. The topological polar surface area (TPSA) is 60.4 Å². The van der Waals surface area contributed by atoms with Crippen LogP contribution >= 0.6 is 15.9 Å². The monoisotopic (exact) mass is 550 g/mol. The van der Waals surface area contributed by atoms with Gasteiger partial charge in [-0.15, -0.1) is 0 Å². The van der Waals surface area contributed by atoms with Crippen LogP contribution in [0.4, 0.5) is 0 Å². The van der Waals surface area contributed by atoms with E-state index in [-0.39, 0.29) is 39.6 Å². The molecule has 4 nitrogen and oxygen atoms in total. The number of esters is 1. The number of fused-ring (bicyclic) bond motifs is 5. The molecular weight excluding hydrogens is 504 g/mol. The van der Waals surface area contributed by atoms with Crippen LogP contribution in [0.5, 0.6) is 0 Å². The van der Waals surface area contributed by atoms with E-state index in [0.717, 1.165) is 12.8 Å². The van der Waals surface area contributed by atoms with Gasteiger partial charge in [-0.1, -0.05) is 57.5 Å². The second-order valence-electron chi connectivity index (χ2n) is 13.5. The Labute approximate surface area is 221 Å². The molecule has 4 rings (SSSR count). The molecule has 5 heteroatoms. The summed E-state index contributed by atoms with van der Waals surface area (Å²) >= 11 is 3.84. The molecule has 198 valence electrons. The number of alkyl halides is 1. The Morgan fingerprint density at radius 2 is 1.60 bits per heavy atom. The summed E-state index contributed by atoms with van der Waals surface area (Å²) in [6.45, 7) is 14.9. The molecule has 0 N–H and O–H groups in total. The van der Waals surface area contributed by atoms with Crippen LogP contribution in [0.3, 0.4) is 0 Å². The molecule has 0 aromatic rings. The fourth-order valence-corrected chi connectivity index (χ4v) is 10.1. The van der Waals surface area contributed by atoms with E-state index in [2.05, 4.69) is 57.5 Å². The van der Waals surface area contributed by atoms with E-state index in [1.54, 1.807) is 0 Å². The van der Waals surface area contributed by atoms with Gasteiger partial charge < -0.3 is 4.74 Å². The maximum Gasteiger partial charge on any atom is 0.302 e. The Bertz CT molecular complexity index is 853. The van der Waals surface area contributed by atoms with Gasteiger partial charge in [0.05, 0.1) is 4.83 Å². The van der Waals surface area contributed by atoms with Gasteiger partial charge in [-0.3, -0.25) is 14.4 Å². The first-order valence-electron chi connectivity index (χ1n) is 14.2. The van der Waals surface area contributed by atoms with Crippen molar-refractivity contribution >= 4 is 33.5 Å². The maximum absolute atomic E-state index is 13.6. The van der Waals surface area contributed by atoms with Crippen LogP contribution < -0.4 is 0 Å². The lowest BCUT2D eigenvalue weighted by Crippen LogP contribution is -2.57. The number of hydrogen-bond acceptors (Lipinski definition) is 4. The largest absolute Gasteiger partial charge is 0.463 e. The van der Waals surface area contributed by atoms with Crippen molar-refractivity contribution in [2.45, 2.75) is 111 Å². The van der Waals surface area contributed by atoms with Gasteiger partial charge in [0, 0.05) is 25.2 Å². The fourth-order valence-electron chi connectivity index (χ4n) is 9.29. The standard InChI is InChI=1S/C30H47BrO4/c1-16(2)17(3)28(34)27(31)18(4)22-8-9-23-21-15-26(33)25-14-20(35-19(5)32)10-12-30(25,7)24(21)11-13-29(22,23)6/h16-18,20-25,27H,8-15H2,1-7H3/t17-,18+,20+,21+,22-,23+,24+,25-,27+,29-,30-/m1/s1. The molecule has 0 bridgehead atoms. The number of ketones is 2. The van der Waals surface area contributed by atoms with Gasteiger partial charge in [0.2, 0.25) is 0 Å². The molecular formula is C30H47BrO4. The van der Waals surface area contributed by atoms with Crippen LogP contribution in [0.15, 0.2) is 0 Å². The van der Waals surface area contributed by atoms with Gasteiger partial charge in [0.1, 0.15) is 17.7 Å². The van der Waals surface area contributed by atoms with Crippen LogP contribution in [0.1, 0.15) is 99.8 Å². The van der Waals surface area contributed by atoms with E-state index in [1.165, 1.54) is 32.6 Å². The molecule has 4 saturated carbocycles. The minimum absolute atomic E-state index is 0.0301. The summed E-state index contributed by atoms with van der Waals surface area (Å²) in [6, 6.07) is 0. The zero-order valence-electron chi connectivity index (χ0n) is 22.9. The van der Waals surface area contributed by atoms with Crippen molar-refractivity contribution in [3.05, 3.63) is 0 Å². The molecule has 4 fully saturated rings. The zero-order valence-corrected chi connectivity index (χ0v) is 24.5. The lowest BCUT2D eigenvalue weighted by Gasteiger charge is -2.60. The average molecular weight is 552 g/mol. The molecule has 11 atom stereocenters. The van der Waals surface area contributed by atoms with Crippen molar-refractivity contribution in [2.24, 2.45) is 58.2 Å². The van der Waals surface area contributed by atoms with Crippen LogP contribution in [-0.2, 0) is 19.1 Å². The molecule has 0 amide bonds. The molecule has 35 heavy (non-hydrogen) atoms. The first-order valence-corrected chi connectivity index (χ1v) is 15.1. The third-order valence-corrected chi connectivity index (χ3v) is 12.9. The number of rotatable bonds is 6. The van der Waals surface area contributed by atoms with E-state index in [0.29, 0.717) is 59.9 Å². The minimum atomic E-state index is -0.231. The summed E-state index contributed by atoms with van der Waals surface area (Å²) in [5.41, 5.74) is 0.231. The highest BCUT2D eigenvalue weighted by Crippen LogP contribution is 2.68. The van der Waals surface area contributed by atoms with E-state index in [9.17, 15) is 14.4 Å². The quantitative estimate of drug-likeness (QED) is 0.263. The second kappa shape index (κ2) is 9.87. The Morgan fingerprint density at radius 1 is 0.971 bits per heavy atom. The highest BCUT2D eigenvalue weighted by molar-refractivity contribution is 9.10. The predicted octanol–water partition coefficient (Wildman–Crippen LogP) is 7.02. The van der Waals surface area contributed by atoms with Gasteiger partial charge in [0.15, 0.2) is 0 Å². The molecule has 0 aromatic heterocycles. The van der Waals surface area contributed by atoms with Crippen LogP contribution in [-0.4, -0.2) is 28.5 Å². The molecule has 0 radical (unpaired) electrons. The van der Waals surface area contributed by atoms with Crippen molar-refractivity contribution in [1.29, 1.82) is 0 Å². The third-order valence-electron chi connectivity index (χ3n) is 11.6. The molecule has 0 aromatic carbocycles. The van der Waals surface area contributed by atoms with Crippen molar-refractivity contribution in [3.8, 4) is 0 Å². The highest BCUT2D eigenvalue weighted by Gasteiger charge is 2.63. The van der Waals surface area contributed by atoms with Crippen LogP contribution in [0, 0.1) is 58.2 Å². The number of hydrogen-bond donors (Lipinski definition) is 0. The summed E-state index contributed by atoms with van der Waals surface area (Å²) in [6.07, 6.45) is 7.90. The highest BCUT2D eigenvalue weighted by atomic mass is 79.9. The first-order chi connectivity index (χ1) is 16.3. The Morgan fingerprint density at radius 3 is 2.23 bits per heavy atom. The number of carbonyl (C=O) groups excluding carboxylic acids is 3. The van der Waals surface area contributed by atoms with Gasteiger partial charge >= 0.3 is 5.97 Å². The maximum atomic E-state index is 13.6. The Kier molecular flexibility index (Phi) is 7.71. The van der Waals surface area contributed by atoms with Crippen molar-refractivity contribution in [1.82, 2.24) is 0 Å². The summed E-state index contributed by atoms with van der Waals surface area (Å²) in [7, 11) is 0. The fraction of sp³-hybridized carbons (Fsp3) is 0.900. The van der Waals surface area contributed by atoms with E-state index in [1.807, 2.05) is 0 Å². The lowest BCUT2D eigenvalue weighted by molar-refractivity contribution is -0.169. The Hall–Kier alpha value is -0.710. The SMILES string of the molecule is CC(=O)O[C@H]1CC[C@@]2(C)[C@H](C1)C(=O)C[C@@H]1[C@@H]2CC[C@]2(C)[C@@H]([C@H](C)[C@H](Br)C(=O)[C@H](C)C(C)C)CC[C@@H]12. The summed E-state index contributed by atoms with van der Waals surface area (Å²) in [5.74, 6) is 3.41. The molecule has 0 heterocycles. The second-order valence-corrected chi connectivity index (χ2v) is 14.5. The lowest BCUT2D eigenvalue weighted by atomic mass is 9.44. The number of carbonyl (C=O) groups is 3. The average Bonchev–Trinajstić information content (AvgIpc) is 3.15. The van der Waals surface area contributed by atoms with Gasteiger partial charge in [-0.25, -0.2) is 0 Å². The molecule has 0 spiro atoms. The summed E-state index contributed by atoms with van der Waals surface area (Å²) in [4.78, 5) is 38.2. The normalized spacial score (nSPS) is 43.5.